The van der Waals surface area contributed by atoms with Crippen LogP contribution in [0.2, 0.25) is 0 Å². The van der Waals surface area contributed by atoms with Crippen LogP contribution >= 0.6 is 0 Å². The molecule has 0 N–H and O–H groups in total. The van der Waals surface area contributed by atoms with Crippen molar-refractivity contribution in [1.82, 2.24) is 14.5 Å². The number of nitrogens with zero attached hydrogens (tertiary/aromatic N) is 3. The SMILES string of the molecule is CCN(CC)C(=O)CCC1(c2ccc(F)cc2)c2ccccc2-c2nccn21. The molecule has 3 aromatic rings. The number of amides is 1. The fourth-order valence-electron chi connectivity index (χ4n) is 4.42. The lowest BCUT2D eigenvalue weighted by Gasteiger charge is -2.34. The minimum atomic E-state index is -0.570. The van der Waals surface area contributed by atoms with Gasteiger partial charge >= 0.3 is 0 Å². The molecule has 4 nitrogen and oxygen atoms in total. The second-order valence-corrected chi connectivity index (χ2v) is 7.10. The van der Waals surface area contributed by atoms with E-state index in [9.17, 15) is 9.18 Å². The Morgan fingerprint density at radius 3 is 2.54 bits per heavy atom. The third-order valence-corrected chi connectivity index (χ3v) is 5.80. The number of fused-ring (bicyclic) bond motifs is 3. The van der Waals surface area contributed by atoms with E-state index in [1.165, 1.54) is 12.1 Å². The molecule has 144 valence electrons. The van der Waals surface area contributed by atoms with Crippen LogP contribution in [0.3, 0.4) is 0 Å². The highest BCUT2D eigenvalue weighted by Gasteiger charge is 2.44. The first-order valence-electron chi connectivity index (χ1n) is 9.79. The Labute approximate surface area is 164 Å². The van der Waals surface area contributed by atoms with Gasteiger partial charge in [-0.05, 0) is 43.5 Å². The van der Waals surface area contributed by atoms with E-state index in [1.807, 2.05) is 49.2 Å². The van der Waals surface area contributed by atoms with Gasteiger partial charge in [0.2, 0.25) is 5.91 Å². The average Bonchev–Trinajstić information content (AvgIpc) is 3.29. The number of hydrogen-bond acceptors (Lipinski definition) is 2. The monoisotopic (exact) mass is 377 g/mol. The number of halogens is 1. The van der Waals surface area contributed by atoms with Crippen LogP contribution < -0.4 is 0 Å². The van der Waals surface area contributed by atoms with Gasteiger partial charge in [-0.1, -0.05) is 36.4 Å². The van der Waals surface area contributed by atoms with E-state index in [2.05, 4.69) is 21.7 Å². The van der Waals surface area contributed by atoms with Crippen molar-refractivity contribution in [2.75, 3.05) is 13.1 Å². The van der Waals surface area contributed by atoms with E-state index >= 15 is 0 Å². The summed E-state index contributed by atoms with van der Waals surface area (Å²) in [5, 5.41) is 0. The van der Waals surface area contributed by atoms with E-state index in [1.54, 1.807) is 6.20 Å². The zero-order valence-electron chi connectivity index (χ0n) is 16.2. The number of carbonyl (C=O) groups is 1. The molecule has 0 spiro atoms. The zero-order chi connectivity index (χ0) is 19.7. The summed E-state index contributed by atoms with van der Waals surface area (Å²) in [6.07, 6.45) is 4.75. The number of imidazole rings is 1. The lowest BCUT2D eigenvalue weighted by atomic mass is 9.79. The summed E-state index contributed by atoms with van der Waals surface area (Å²) >= 11 is 0. The average molecular weight is 377 g/mol. The fraction of sp³-hybridized carbons (Fsp3) is 0.304. The molecule has 1 aliphatic heterocycles. The first-order chi connectivity index (χ1) is 13.6. The number of rotatable bonds is 6. The molecule has 4 rings (SSSR count). The predicted octanol–water partition coefficient (Wildman–Crippen LogP) is 4.44. The third-order valence-electron chi connectivity index (χ3n) is 5.80. The molecule has 0 radical (unpaired) electrons. The Morgan fingerprint density at radius 1 is 1.11 bits per heavy atom. The standard InChI is InChI=1S/C23H24FN3O/c1-3-26(4-2)21(28)13-14-23(17-9-11-18(24)12-10-17)20-8-6-5-7-19(20)22-25-15-16-27(22)23/h5-12,15-16H,3-4,13-14H2,1-2H3. The Kier molecular flexibility index (Phi) is 4.75. The van der Waals surface area contributed by atoms with Crippen molar-refractivity contribution in [1.29, 1.82) is 0 Å². The van der Waals surface area contributed by atoms with Crippen LogP contribution in [0.15, 0.2) is 60.9 Å². The predicted molar refractivity (Wildman–Crippen MR) is 107 cm³/mol. The molecule has 0 fully saturated rings. The maximum absolute atomic E-state index is 13.7. The van der Waals surface area contributed by atoms with Crippen molar-refractivity contribution in [2.45, 2.75) is 32.2 Å². The van der Waals surface area contributed by atoms with Crippen LogP contribution in [0.25, 0.3) is 11.4 Å². The summed E-state index contributed by atoms with van der Waals surface area (Å²) in [5.74, 6) is 0.753. The fourth-order valence-corrected chi connectivity index (χ4v) is 4.42. The van der Waals surface area contributed by atoms with Gasteiger partial charge in [0.15, 0.2) is 0 Å². The van der Waals surface area contributed by atoms with E-state index in [-0.39, 0.29) is 11.7 Å². The van der Waals surface area contributed by atoms with Gasteiger partial charge in [-0.15, -0.1) is 0 Å². The van der Waals surface area contributed by atoms with Crippen molar-refractivity contribution < 1.29 is 9.18 Å². The molecule has 1 aliphatic rings. The van der Waals surface area contributed by atoms with Crippen LogP contribution in [0, 0.1) is 5.82 Å². The van der Waals surface area contributed by atoms with E-state index < -0.39 is 5.54 Å². The Bertz CT molecular complexity index is 991. The van der Waals surface area contributed by atoms with E-state index in [4.69, 9.17) is 0 Å². The minimum Gasteiger partial charge on any atom is -0.343 e. The smallest absolute Gasteiger partial charge is 0.222 e. The molecule has 0 saturated heterocycles. The first kappa shape index (κ1) is 18.4. The molecule has 1 aromatic heterocycles. The Hall–Kier alpha value is -2.95. The molecule has 28 heavy (non-hydrogen) atoms. The van der Waals surface area contributed by atoms with E-state index in [0.717, 1.165) is 22.5 Å². The molecule has 1 amide bonds. The third kappa shape index (κ3) is 2.73. The highest BCUT2D eigenvalue weighted by atomic mass is 19.1. The van der Waals surface area contributed by atoms with Gasteiger partial charge in [0, 0.05) is 37.5 Å². The zero-order valence-corrected chi connectivity index (χ0v) is 16.2. The largest absolute Gasteiger partial charge is 0.343 e. The van der Waals surface area contributed by atoms with Crippen LogP contribution in [0.5, 0.6) is 0 Å². The summed E-state index contributed by atoms with van der Waals surface area (Å²) in [5.41, 5.74) is 2.56. The first-order valence-corrected chi connectivity index (χ1v) is 9.79. The number of benzene rings is 2. The number of carbonyl (C=O) groups excluding carboxylic acids is 1. The summed E-state index contributed by atoms with van der Waals surface area (Å²) < 4.78 is 15.8. The molecular weight excluding hydrogens is 353 g/mol. The molecule has 2 aromatic carbocycles. The Balaban J connectivity index is 1.85. The molecular formula is C23H24FN3O. The molecule has 2 heterocycles. The van der Waals surface area contributed by atoms with Gasteiger partial charge in [0.25, 0.3) is 0 Å². The quantitative estimate of drug-likeness (QED) is 0.637. The Morgan fingerprint density at radius 2 is 1.82 bits per heavy atom. The highest BCUT2D eigenvalue weighted by molar-refractivity contribution is 5.77. The maximum Gasteiger partial charge on any atom is 0.222 e. The topological polar surface area (TPSA) is 38.1 Å². The van der Waals surface area contributed by atoms with Gasteiger partial charge < -0.3 is 9.47 Å². The van der Waals surface area contributed by atoms with Gasteiger partial charge in [-0.25, -0.2) is 9.37 Å². The highest BCUT2D eigenvalue weighted by Crippen LogP contribution is 2.49. The molecule has 1 unspecified atom stereocenters. The van der Waals surface area contributed by atoms with Crippen molar-refractivity contribution in [3.8, 4) is 11.4 Å². The van der Waals surface area contributed by atoms with Gasteiger partial charge in [-0.3, -0.25) is 4.79 Å². The number of aromatic nitrogens is 2. The van der Waals surface area contributed by atoms with Crippen molar-refractivity contribution in [3.05, 3.63) is 77.9 Å². The summed E-state index contributed by atoms with van der Waals surface area (Å²) in [6.45, 7) is 5.39. The van der Waals surface area contributed by atoms with Gasteiger partial charge in [0.05, 0.1) is 5.54 Å². The molecule has 0 bridgehead atoms. The van der Waals surface area contributed by atoms with E-state index in [0.29, 0.717) is 25.9 Å². The lowest BCUT2D eigenvalue weighted by Crippen LogP contribution is -2.36. The normalized spacial score (nSPS) is 17.2. The number of hydrogen-bond donors (Lipinski definition) is 0. The molecule has 0 saturated carbocycles. The lowest BCUT2D eigenvalue weighted by molar-refractivity contribution is -0.131. The minimum absolute atomic E-state index is 0.137. The second-order valence-electron chi connectivity index (χ2n) is 7.10. The van der Waals surface area contributed by atoms with Crippen molar-refractivity contribution in [3.63, 3.8) is 0 Å². The maximum atomic E-state index is 13.7. The van der Waals surface area contributed by atoms with Crippen LogP contribution in [0.4, 0.5) is 4.39 Å². The van der Waals surface area contributed by atoms with Crippen LogP contribution in [-0.2, 0) is 10.3 Å². The van der Waals surface area contributed by atoms with Crippen LogP contribution in [-0.4, -0.2) is 33.4 Å². The summed E-state index contributed by atoms with van der Waals surface area (Å²) in [4.78, 5) is 19.2. The van der Waals surface area contributed by atoms with Crippen molar-refractivity contribution >= 4 is 5.91 Å². The summed E-state index contributed by atoms with van der Waals surface area (Å²) in [7, 11) is 0. The van der Waals surface area contributed by atoms with Gasteiger partial charge in [-0.2, -0.15) is 0 Å². The van der Waals surface area contributed by atoms with Crippen LogP contribution in [0.1, 0.15) is 37.8 Å². The van der Waals surface area contributed by atoms with Crippen molar-refractivity contribution in [2.24, 2.45) is 0 Å². The molecule has 0 aliphatic carbocycles. The molecule has 5 heteroatoms. The second kappa shape index (κ2) is 7.23. The summed E-state index contributed by atoms with van der Waals surface area (Å²) in [6, 6.07) is 14.8. The van der Waals surface area contributed by atoms with Gasteiger partial charge in [0.1, 0.15) is 11.6 Å². The molecule has 1 atom stereocenters.